The van der Waals surface area contributed by atoms with Crippen LogP contribution in [0.4, 0.5) is 0 Å². The van der Waals surface area contributed by atoms with Gasteiger partial charge in [0.15, 0.2) is 6.61 Å². The maximum absolute atomic E-state index is 11.7. The van der Waals surface area contributed by atoms with E-state index in [1.807, 2.05) is 20.8 Å². The lowest BCUT2D eigenvalue weighted by Gasteiger charge is -2.17. The Labute approximate surface area is 130 Å². The van der Waals surface area contributed by atoms with Crippen molar-refractivity contribution in [1.82, 2.24) is 10.6 Å². The standard InChI is InChI=1S/C16H22N2O4/c1-11(2)12(3)18-14(19)10-22-15(20)9-17-16(21)13-7-5-4-6-8-13/h4-8,11-12H,9-10H2,1-3H3,(H,17,21)(H,18,19)/t12-/m1/s1. The second-order valence-electron chi connectivity index (χ2n) is 5.31. The van der Waals surface area contributed by atoms with E-state index in [4.69, 9.17) is 4.74 Å². The first-order chi connectivity index (χ1) is 10.4. The van der Waals surface area contributed by atoms with E-state index in [-0.39, 0.29) is 31.0 Å². The SMILES string of the molecule is CC(C)[C@@H](C)NC(=O)COC(=O)CNC(=O)c1ccccc1. The van der Waals surface area contributed by atoms with Crippen LogP contribution in [-0.2, 0) is 14.3 Å². The molecule has 6 nitrogen and oxygen atoms in total. The summed E-state index contributed by atoms with van der Waals surface area (Å²) >= 11 is 0. The number of carbonyl (C=O) groups excluding carboxylic acids is 3. The highest BCUT2D eigenvalue weighted by Gasteiger charge is 2.13. The van der Waals surface area contributed by atoms with Crippen LogP contribution in [0, 0.1) is 5.92 Å². The van der Waals surface area contributed by atoms with E-state index in [0.29, 0.717) is 11.5 Å². The molecule has 0 bridgehead atoms. The van der Waals surface area contributed by atoms with Crippen molar-refractivity contribution in [2.45, 2.75) is 26.8 Å². The van der Waals surface area contributed by atoms with Crippen molar-refractivity contribution >= 4 is 17.8 Å². The van der Waals surface area contributed by atoms with Crippen LogP contribution in [-0.4, -0.2) is 37.0 Å². The van der Waals surface area contributed by atoms with Crippen LogP contribution < -0.4 is 10.6 Å². The smallest absolute Gasteiger partial charge is 0.325 e. The van der Waals surface area contributed by atoms with Crippen LogP contribution in [0.1, 0.15) is 31.1 Å². The summed E-state index contributed by atoms with van der Waals surface area (Å²) in [5.74, 6) is -1.08. The van der Waals surface area contributed by atoms with E-state index in [9.17, 15) is 14.4 Å². The van der Waals surface area contributed by atoms with Gasteiger partial charge in [0.1, 0.15) is 6.54 Å². The first-order valence-electron chi connectivity index (χ1n) is 7.18. The maximum Gasteiger partial charge on any atom is 0.325 e. The molecule has 0 saturated heterocycles. The van der Waals surface area contributed by atoms with E-state index in [1.165, 1.54) is 0 Å². The number of amides is 2. The fraction of sp³-hybridized carbons (Fsp3) is 0.438. The number of hydrogen-bond acceptors (Lipinski definition) is 4. The van der Waals surface area contributed by atoms with Crippen molar-refractivity contribution < 1.29 is 19.1 Å². The zero-order valence-electron chi connectivity index (χ0n) is 13.1. The number of rotatable bonds is 7. The van der Waals surface area contributed by atoms with Gasteiger partial charge in [-0.1, -0.05) is 32.0 Å². The molecule has 0 heterocycles. The van der Waals surface area contributed by atoms with E-state index < -0.39 is 5.97 Å². The maximum atomic E-state index is 11.7. The molecule has 1 aromatic carbocycles. The summed E-state index contributed by atoms with van der Waals surface area (Å²) in [5, 5.41) is 5.16. The van der Waals surface area contributed by atoms with Crippen molar-refractivity contribution in [1.29, 1.82) is 0 Å². The molecule has 0 aromatic heterocycles. The highest BCUT2D eigenvalue weighted by atomic mass is 16.5. The molecule has 0 fully saturated rings. The first kappa shape index (κ1) is 17.7. The number of nitrogens with one attached hydrogen (secondary N) is 2. The summed E-state index contributed by atoms with van der Waals surface area (Å²) in [6.07, 6.45) is 0. The molecule has 1 aromatic rings. The lowest BCUT2D eigenvalue weighted by atomic mass is 10.1. The number of hydrogen-bond donors (Lipinski definition) is 2. The summed E-state index contributed by atoms with van der Waals surface area (Å²) in [7, 11) is 0. The van der Waals surface area contributed by atoms with Crippen LogP contribution in [0.25, 0.3) is 0 Å². The van der Waals surface area contributed by atoms with E-state index in [0.717, 1.165) is 0 Å². The highest BCUT2D eigenvalue weighted by molar-refractivity contribution is 5.96. The minimum absolute atomic E-state index is 0.00369. The van der Waals surface area contributed by atoms with Crippen molar-refractivity contribution in [2.24, 2.45) is 5.92 Å². The Balaban J connectivity index is 2.26. The van der Waals surface area contributed by atoms with Crippen molar-refractivity contribution in [2.75, 3.05) is 13.2 Å². The third kappa shape index (κ3) is 6.39. The molecular formula is C16H22N2O4. The molecule has 0 spiro atoms. The Morgan fingerprint density at radius 2 is 1.73 bits per heavy atom. The number of ether oxygens (including phenoxy) is 1. The van der Waals surface area contributed by atoms with Gasteiger partial charge in [0.05, 0.1) is 0 Å². The Morgan fingerprint density at radius 3 is 2.32 bits per heavy atom. The van der Waals surface area contributed by atoms with Gasteiger partial charge in [0.2, 0.25) is 0 Å². The second-order valence-corrected chi connectivity index (χ2v) is 5.31. The van der Waals surface area contributed by atoms with Crippen LogP contribution in [0.15, 0.2) is 30.3 Å². The van der Waals surface area contributed by atoms with E-state index in [1.54, 1.807) is 30.3 Å². The van der Waals surface area contributed by atoms with Crippen LogP contribution in [0.2, 0.25) is 0 Å². The van der Waals surface area contributed by atoms with Crippen molar-refractivity contribution in [3.05, 3.63) is 35.9 Å². The normalized spacial score (nSPS) is 11.6. The van der Waals surface area contributed by atoms with Gasteiger partial charge in [-0.2, -0.15) is 0 Å². The quantitative estimate of drug-likeness (QED) is 0.739. The van der Waals surface area contributed by atoms with Gasteiger partial charge in [-0.05, 0) is 25.0 Å². The van der Waals surface area contributed by atoms with Gasteiger partial charge in [0, 0.05) is 11.6 Å². The molecule has 2 N–H and O–H groups in total. The average molecular weight is 306 g/mol. The highest BCUT2D eigenvalue weighted by Crippen LogP contribution is 1.99. The Kier molecular flexibility index (Phi) is 7.08. The van der Waals surface area contributed by atoms with Gasteiger partial charge >= 0.3 is 5.97 Å². The fourth-order valence-electron chi connectivity index (χ4n) is 1.50. The minimum atomic E-state index is -0.656. The molecule has 0 aliphatic carbocycles. The third-order valence-corrected chi connectivity index (χ3v) is 3.18. The molecule has 0 aliphatic heterocycles. The molecule has 0 radical (unpaired) electrons. The molecule has 22 heavy (non-hydrogen) atoms. The predicted molar refractivity (Wildman–Crippen MR) is 82.2 cm³/mol. The molecule has 0 aliphatic rings. The lowest BCUT2D eigenvalue weighted by molar-refractivity contribution is -0.147. The molecule has 120 valence electrons. The van der Waals surface area contributed by atoms with Gasteiger partial charge in [0.25, 0.3) is 11.8 Å². The molecular weight excluding hydrogens is 284 g/mol. The van der Waals surface area contributed by atoms with E-state index >= 15 is 0 Å². The summed E-state index contributed by atoms with van der Waals surface area (Å²) in [6.45, 7) is 5.22. The zero-order chi connectivity index (χ0) is 16.5. The Morgan fingerprint density at radius 1 is 1.09 bits per heavy atom. The van der Waals surface area contributed by atoms with Gasteiger partial charge in [-0.3, -0.25) is 14.4 Å². The molecule has 1 rings (SSSR count). The molecule has 1 atom stereocenters. The minimum Gasteiger partial charge on any atom is -0.454 e. The number of esters is 1. The molecule has 6 heteroatoms. The second kappa shape index (κ2) is 8.81. The molecule has 2 amide bonds. The summed E-state index contributed by atoms with van der Waals surface area (Å²) < 4.78 is 4.81. The van der Waals surface area contributed by atoms with Crippen LogP contribution in [0.3, 0.4) is 0 Å². The summed E-state index contributed by atoms with van der Waals surface area (Å²) in [6, 6.07) is 8.54. The summed E-state index contributed by atoms with van der Waals surface area (Å²) in [4.78, 5) is 34.7. The summed E-state index contributed by atoms with van der Waals surface area (Å²) in [5.41, 5.74) is 0.457. The van der Waals surface area contributed by atoms with Crippen molar-refractivity contribution in [3.8, 4) is 0 Å². The van der Waals surface area contributed by atoms with Gasteiger partial charge in [-0.15, -0.1) is 0 Å². The fourth-order valence-corrected chi connectivity index (χ4v) is 1.50. The van der Waals surface area contributed by atoms with Crippen molar-refractivity contribution in [3.63, 3.8) is 0 Å². The first-order valence-corrected chi connectivity index (χ1v) is 7.18. The topological polar surface area (TPSA) is 84.5 Å². The number of carbonyl (C=O) groups is 3. The van der Waals surface area contributed by atoms with Crippen LogP contribution >= 0.6 is 0 Å². The average Bonchev–Trinajstić information content (AvgIpc) is 2.51. The predicted octanol–water partition coefficient (Wildman–Crippen LogP) is 1.12. The van der Waals surface area contributed by atoms with Gasteiger partial charge in [-0.25, -0.2) is 0 Å². The van der Waals surface area contributed by atoms with Crippen LogP contribution in [0.5, 0.6) is 0 Å². The monoisotopic (exact) mass is 306 g/mol. The number of benzene rings is 1. The zero-order valence-corrected chi connectivity index (χ0v) is 13.1. The molecule has 0 saturated carbocycles. The largest absolute Gasteiger partial charge is 0.454 e. The van der Waals surface area contributed by atoms with E-state index in [2.05, 4.69) is 10.6 Å². The van der Waals surface area contributed by atoms with Gasteiger partial charge < -0.3 is 15.4 Å². The third-order valence-electron chi connectivity index (χ3n) is 3.18. The Bertz CT molecular complexity index is 514. The lowest BCUT2D eigenvalue weighted by Crippen LogP contribution is -2.39. The Hall–Kier alpha value is -2.37. The molecule has 0 unspecified atom stereocenters.